The largest absolute Gasteiger partial charge is 0.465 e. The zero-order chi connectivity index (χ0) is 10.1. The number of esters is 1. The van der Waals surface area contributed by atoms with Crippen LogP contribution < -0.4 is 0 Å². The van der Waals surface area contributed by atoms with Gasteiger partial charge in [-0.3, -0.25) is 4.79 Å². The minimum absolute atomic E-state index is 0.0247. The number of aliphatic hydroxyl groups is 2. The number of ether oxygens (including phenoxy) is 1. The summed E-state index contributed by atoms with van der Waals surface area (Å²) in [5.41, 5.74) is 0.945. The molecule has 0 aromatic carbocycles. The summed E-state index contributed by atoms with van der Waals surface area (Å²) in [5.74, 6) is -0.464. The lowest BCUT2D eigenvalue weighted by molar-refractivity contribution is -0.161. The molecule has 0 bridgehead atoms. The van der Waals surface area contributed by atoms with Gasteiger partial charge in [-0.25, -0.2) is 0 Å². The molecule has 2 rings (SSSR count). The molecule has 14 heavy (non-hydrogen) atoms. The van der Waals surface area contributed by atoms with E-state index in [1.807, 2.05) is 6.08 Å². The van der Waals surface area contributed by atoms with Crippen LogP contribution in [0.4, 0.5) is 0 Å². The van der Waals surface area contributed by atoms with Crippen molar-refractivity contribution in [3.8, 4) is 0 Å². The number of allylic oxidation sites excluding steroid dienone is 1. The van der Waals surface area contributed by atoms with E-state index >= 15 is 0 Å². The first-order valence-corrected chi connectivity index (χ1v) is 4.85. The lowest BCUT2D eigenvalue weighted by Gasteiger charge is -2.32. The van der Waals surface area contributed by atoms with Crippen LogP contribution in [0.25, 0.3) is 0 Å². The Balaban J connectivity index is 2.15. The van der Waals surface area contributed by atoms with Crippen LogP contribution in [0.15, 0.2) is 11.6 Å². The SMILES string of the molecule is O=C1OC[C@@H]2C(CO)=CC[C@H]2[C@H]1CO. The number of hydrogen-bond donors (Lipinski definition) is 2. The predicted octanol–water partition coefficient (Wildman–Crippen LogP) is -0.294. The highest BCUT2D eigenvalue weighted by atomic mass is 16.5. The van der Waals surface area contributed by atoms with E-state index in [9.17, 15) is 4.79 Å². The number of hydrogen-bond acceptors (Lipinski definition) is 4. The Morgan fingerprint density at radius 2 is 2.29 bits per heavy atom. The molecule has 78 valence electrons. The van der Waals surface area contributed by atoms with Gasteiger partial charge in [0.05, 0.1) is 25.7 Å². The monoisotopic (exact) mass is 198 g/mol. The molecule has 1 saturated heterocycles. The number of rotatable bonds is 2. The summed E-state index contributed by atoms with van der Waals surface area (Å²) in [4.78, 5) is 11.3. The van der Waals surface area contributed by atoms with Crippen molar-refractivity contribution in [2.24, 2.45) is 17.8 Å². The first-order chi connectivity index (χ1) is 6.77. The Hall–Kier alpha value is -0.870. The molecule has 0 saturated carbocycles. The van der Waals surface area contributed by atoms with Crippen LogP contribution in [0, 0.1) is 17.8 Å². The molecule has 1 heterocycles. The maximum atomic E-state index is 11.3. The summed E-state index contributed by atoms with van der Waals surface area (Å²) in [6.07, 6.45) is 2.72. The molecule has 0 amide bonds. The molecule has 2 N–H and O–H groups in total. The number of carbonyl (C=O) groups excluding carboxylic acids is 1. The predicted molar refractivity (Wildman–Crippen MR) is 48.3 cm³/mol. The average molecular weight is 198 g/mol. The van der Waals surface area contributed by atoms with Gasteiger partial charge in [0.15, 0.2) is 0 Å². The second-order valence-electron chi connectivity index (χ2n) is 3.86. The van der Waals surface area contributed by atoms with Gasteiger partial charge in [-0.15, -0.1) is 0 Å². The van der Waals surface area contributed by atoms with E-state index in [1.165, 1.54) is 0 Å². The van der Waals surface area contributed by atoms with Crippen molar-refractivity contribution in [2.75, 3.05) is 19.8 Å². The minimum Gasteiger partial charge on any atom is -0.465 e. The smallest absolute Gasteiger partial charge is 0.311 e. The third-order valence-electron chi connectivity index (χ3n) is 3.25. The summed E-state index contributed by atoms with van der Waals surface area (Å²) >= 11 is 0. The van der Waals surface area contributed by atoms with Crippen LogP contribution in [0.1, 0.15) is 6.42 Å². The van der Waals surface area contributed by atoms with Crippen LogP contribution in [-0.2, 0) is 9.53 Å². The van der Waals surface area contributed by atoms with Crippen LogP contribution in [0.2, 0.25) is 0 Å². The molecule has 1 aliphatic heterocycles. The second kappa shape index (κ2) is 3.71. The van der Waals surface area contributed by atoms with Gasteiger partial charge in [-0.05, 0) is 17.9 Å². The van der Waals surface area contributed by atoms with Gasteiger partial charge in [0, 0.05) is 5.92 Å². The van der Waals surface area contributed by atoms with E-state index in [-0.39, 0.29) is 31.0 Å². The molecular weight excluding hydrogens is 184 g/mol. The van der Waals surface area contributed by atoms with Crippen molar-refractivity contribution in [1.29, 1.82) is 0 Å². The van der Waals surface area contributed by atoms with E-state index in [4.69, 9.17) is 14.9 Å². The summed E-state index contributed by atoms with van der Waals surface area (Å²) in [6.45, 7) is 0.218. The summed E-state index contributed by atoms with van der Waals surface area (Å²) < 4.78 is 4.98. The third-order valence-corrected chi connectivity index (χ3v) is 3.25. The van der Waals surface area contributed by atoms with Gasteiger partial charge < -0.3 is 14.9 Å². The third kappa shape index (κ3) is 1.35. The van der Waals surface area contributed by atoms with Crippen molar-refractivity contribution in [2.45, 2.75) is 6.42 Å². The maximum absolute atomic E-state index is 11.3. The number of carbonyl (C=O) groups is 1. The highest BCUT2D eigenvalue weighted by Gasteiger charge is 2.43. The molecule has 2 aliphatic rings. The van der Waals surface area contributed by atoms with Gasteiger partial charge in [-0.2, -0.15) is 0 Å². The second-order valence-corrected chi connectivity index (χ2v) is 3.86. The summed E-state index contributed by atoms with van der Waals surface area (Å²) in [6, 6.07) is 0. The Bertz CT molecular complexity index is 271. The molecule has 0 spiro atoms. The van der Waals surface area contributed by atoms with Crippen LogP contribution >= 0.6 is 0 Å². The standard InChI is InChI=1S/C10H14O4/c11-3-6-1-2-7-8(4-12)10(13)14-5-9(6)7/h1,7-9,11-12H,2-5H2/t7-,8+,9+/m0/s1. The molecule has 0 radical (unpaired) electrons. The lowest BCUT2D eigenvalue weighted by Crippen LogP contribution is -2.40. The summed E-state index contributed by atoms with van der Waals surface area (Å²) in [5, 5.41) is 18.1. The molecule has 1 fully saturated rings. The Morgan fingerprint density at radius 1 is 1.50 bits per heavy atom. The highest BCUT2D eigenvalue weighted by Crippen LogP contribution is 2.40. The number of aliphatic hydroxyl groups excluding tert-OH is 2. The zero-order valence-electron chi connectivity index (χ0n) is 7.85. The molecule has 3 atom stereocenters. The fourth-order valence-electron chi connectivity index (χ4n) is 2.40. The first kappa shape index (κ1) is 9.68. The molecule has 1 aliphatic carbocycles. The molecule has 0 aromatic rings. The topological polar surface area (TPSA) is 66.8 Å². The average Bonchev–Trinajstić information content (AvgIpc) is 2.60. The summed E-state index contributed by atoms with van der Waals surface area (Å²) in [7, 11) is 0. The van der Waals surface area contributed by atoms with Gasteiger partial charge in [-0.1, -0.05) is 6.08 Å². The quantitative estimate of drug-likeness (QED) is 0.472. The lowest BCUT2D eigenvalue weighted by atomic mass is 9.80. The number of cyclic esters (lactones) is 1. The van der Waals surface area contributed by atoms with E-state index < -0.39 is 5.92 Å². The fourth-order valence-corrected chi connectivity index (χ4v) is 2.40. The highest BCUT2D eigenvalue weighted by molar-refractivity contribution is 5.74. The van der Waals surface area contributed by atoms with Gasteiger partial charge >= 0.3 is 5.97 Å². The van der Waals surface area contributed by atoms with Crippen molar-refractivity contribution in [1.82, 2.24) is 0 Å². The molecule has 0 aromatic heterocycles. The van der Waals surface area contributed by atoms with Gasteiger partial charge in [0.2, 0.25) is 0 Å². The van der Waals surface area contributed by atoms with Crippen molar-refractivity contribution in [3.63, 3.8) is 0 Å². The van der Waals surface area contributed by atoms with Crippen LogP contribution in [0.5, 0.6) is 0 Å². The zero-order valence-corrected chi connectivity index (χ0v) is 7.85. The Morgan fingerprint density at radius 3 is 2.93 bits per heavy atom. The van der Waals surface area contributed by atoms with Crippen LogP contribution in [0.3, 0.4) is 0 Å². The Labute approximate surface area is 82.2 Å². The molecule has 0 unspecified atom stereocenters. The first-order valence-electron chi connectivity index (χ1n) is 4.85. The van der Waals surface area contributed by atoms with Crippen molar-refractivity contribution in [3.05, 3.63) is 11.6 Å². The molecular formula is C10H14O4. The van der Waals surface area contributed by atoms with Crippen LogP contribution in [-0.4, -0.2) is 36.0 Å². The van der Waals surface area contributed by atoms with E-state index in [0.717, 1.165) is 12.0 Å². The molecule has 4 nitrogen and oxygen atoms in total. The number of fused-ring (bicyclic) bond motifs is 1. The minimum atomic E-state index is -0.408. The van der Waals surface area contributed by atoms with Crippen molar-refractivity contribution < 1.29 is 19.7 Å². The Kier molecular flexibility index (Phi) is 2.56. The molecule has 4 heteroatoms. The van der Waals surface area contributed by atoms with Gasteiger partial charge in [0.25, 0.3) is 0 Å². The van der Waals surface area contributed by atoms with E-state index in [2.05, 4.69) is 0 Å². The van der Waals surface area contributed by atoms with Crippen molar-refractivity contribution >= 4 is 5.97 Å². The van der Waals surface area contributed by atoms with E-state index in [0.29, 0.717) is 6.61 Å². The maximum Gasteiger partial charge on any atom is 0.311 e. The van der Waals surface area contributed by atoms with E-state index in [1.54, 1.807) is 0 Å². The van der Waals surface area contributed by atoms with Gasteiger partial charge in [0.1, 0.15) is 0 Å². The normalized spacial score (nSPS) is 36.3. The fraction of sp³-hybridized carbons (Fsp3) is 0.700.